The van der Waals surface area contributed by atoms with Crippen molar-refractivity contribution in [1.29, 1.82) is 0 Å². The molecule has 0 heterocycles. The van der Waals surface area contributed by atoms with Gasteiger partial charge in [-0.15, -0.1) is 0 Å². The molecule has 1 atom stereocenters. The Kier molecular flexibility index (Phi) is 18.2. The molecule has 4 heteroatoms. The van der Waals surface area contributed by atoms with E-state index in [9.17, 15) is 9.59 Å². The predicted molar refractivity (Wildman–Crippen MR) is 118 cm³/mol. The molecule has 28 heavy (non-hydrogen) atoms. The van der Waals surface area contributed by atoms with Crippen molar-refractivity contribution < 1.29 is 14.7 Å². The molecule has 0 saturated carbocycles. The maximum atomic E-state index is 11.7. The Bertz CT molecular complexity index is 518. The van der Waals surface area contributed by atoms with Crippen LogP contribution in [0.3, 0.4) is 0 Å². The highest BCUT2D eigenvalue weighted by atomic mass is 16.4. The zero-order valence-electron chi connectivity index (χ0n) is 17.7. The molecule has 1 unspecified atom stereocenters. The Morgan fingerprint density at radius 1 is 0.786 bits per heavy atom. The lowest BCUT2D eigenvalue weighted by Gasteiger charge is -2.11. The molecule has 0 aromatic rings. The third-order valence-electron chi connectivity index (χ3n) is 4.27. The van der Waals surface area contributed by atoms with Gasteiger partial charge in [0.05, 0.1) is 0 Å². The zero-order valence-corrected chi connectivity index (χ0v) is 17.7. The summed E-state index contributed by atoms with van der Waals surface area (Å²) in [5.41, 5.74) is 0. The van der Waals surface area contributed by atoms with E-state index in [1.54, 1.807) is 6.92 Å². The lowest BCUT2D eigenvalue weighted by atomic mass is 10.2. The van der Waals surface area contributed by atoms with Gasteiger partial charge in [-0.25, -0.2) is 4.79 Å². The molecule has 0 aromatic heterocycles. The van der Waals surface area contributed by atoms with Crippen molar-refractivity contribution in [3.63, 3.8) is 0 Å². The van der Waals surface area contributed by atoms with Crippen molar-refractivity contribution in [3.8, 4) is 0 Å². The highest BCUT2D eigenvalue weighted by Gasteiger charge is 2.16. The summed E-state index contributed by atoms with van der Waals surface area (Å²) in [4.78, 5) is 22.5. The summed E-state index contributed by atoms with van der Waals surface area (Å²) < 4.78 is 0. The van der Waals surface area contributed by atoms with Crippen molar-refractivity contribution in [1.82, 2.24) is 5.32 Å². The summed E-state index contributed by atoms with van der Waals surface area (Å²) in [5, 5.41) is 11.4. The molecule has 158 valence electrons. The van der Waals surface area contributed by atoms with E-state index < -0.39 is 12.0 Å². The van der Waals surface area contributed by atoms with Gasteiger partial charge in [-0.3, -0.25) is 4.79 Å². The van der Waals surface area contributed by atoms with Crippen LogP contribution in [0.1, 0.15) is 84.5 Å². The summed E-state index contributed by atoms with van der Waals surface area (Å²) in [6.07, 6.45) is 27.7. The quantitative estimate of drug-likeness (QED) is 0.233. The first-order chi connectivity index (χ1) is 13.6. The number of carbonyl (C=O) groups excluding carboxylic acids is 1. The van der Waals surface area contributed by atoms with Crippen LogP contribution < -0.4 is 5.32 Å². The van der Waals surface area contributed by atoms with Gasteiger partial charge in [0.25, 0.3) is 0 Å². The standard InChI is InChI=1S/C24H39NO3/c1-3-5-6-7-8-9-10-11-12-13-14-15-16-17-18-19-20-21-23(26)25-22(4-2)24(27)28/h8-9,11-12,14-15,17-18,22H,3-7,10,13,16,19-21H2,1-2H3,(H,25,26)(H,27,28). The molecule has 0 aliphatic rings. The van der Waals surface area contributed by atoms with Gasteiger partial charge in [-0.1, -0.05) is 75.3 Å². The molecule has 1 amide bonds. The topological polar surface area (TPSA) is 66.4 Å². The van der Waals surface area contributed by atoms with Crippen LogP contribution in [0.2, 0.25) is 0 Å². The van der Waals surface area contributed by atoms with E-state index in [0.717, 1.165) is 32.1 Å². The lowest BCUT2D eigenvalue weighted by Crippen LogP contribution is -2.40. The Labute approximate surface area is 171 Å². The van der Waals surface area contributed by atoms with Crippen molar-refractivity contribution in [2.45, 2.75) is 90.5 Å². The number of hydrogen-bond donors (Lipinski definition) is 2. The zero-order chi connectivity index (χ0) is 20.9. The number of carbonyl (C=O) groups is 2. The number of nitrogens with one attached hydrogen (secondary N) is 1. The van der Waals surface area contributed by atoms with Crippen molar-refractivity contribution >= 4 is 11.9 Å². The predicted octanol–water partition coefficient (Wildman–Crippen LogP) is 6.11. The van der Waals surface area contributed by atoms with Crippen molar-refractivity contribution in [2.24, 2.45) is 0 Å². The molecule has 0 radical (unpaired) electrons. The molecule has 0 aliphatic heterocycles. The Morgan fingerprint density at radius 3 is 1.75 bits per heavy atom. The smallest absolute Gasteiger partial charge is 0.326 e. The largest absolute Gasteiger partial charge is 0.480 e. The summed E-state index contributed by atoms with van der Waals surface area (Å²) >= 11 is 0. The van der Waals surface area contributed by atoms with Gasteiger partial charge >= 0.3 is 5.97 Å². The van der Waals surface area contributed by atoms with Crippen LogP contribution in [-0.4, -0.2) is 23.0 Å². The normalized spacial score (nSPS) is 13.2. The highest BCUT2D eigenvalue weighted by Crippen LogP contribution is 2.02. The first kappa shape index (κ1) is 25.9. The molecular formula is C24H39NO3. The molecule has 2 N–H and O–H groups in total. The van der Waals surface area contributed by atoms with Crippen LogP contribution in [0.25, 0.3) is 0 Å². The van der Waals surface area contributed by atoms with Gasteiger partial charge < -0.3 is 10.4 Å². The van der Waals surface area contributed by atoms with Crippen LogP contribution >= 0.6 is 0 Å². The average Bonchev–Trinajstić information content (AvgIpc) is 2.68. The maximum absolute atomic E-state index is 11.7. The molecule has 0 aliphatic carbocycles. The van der Waals surface area contributed by atoms with Gasteiger partial charge in [0.15, 0.2) is 0 Å². The summed E-state index contributed by atoms with van der Waals surface area (Å²) in [5.74, 6) is -1.17. The summed E-state index contributed by atoms with van der Waals surface area (Å²) in [7, 11) is 0. The number of unbranched alkanes of at least 4 members (excludes halogenated alkanes) is 4. The van der Waals surface area contributed by atoms with E-state index in [-0.39, 0.29) is 5.91 Å². The molecule has 0 saturated heterocycles. The maximum Gasteiger partial charge on any atom is 0.326 e. The number of amides is 1. The fourth-order valence-electron chi connectivity index (χ4n) is 2.55. The number of hydrogen-bond acceptors (Lipinski definition) is 2. The minimum absolute atomic E-state index is 0.190. The van der Waals surface area contributed by atoms with Crippen molar-refractivity contribution in [3.05, 3.63) is 48.6 Å². The third-order valence-corrected chi connectivity index (χ3v) is 4.27. The fourth-order valence-corrected chi connectivity index (χ4v) is 2.55. The van der Waals surface area contributed by atoms with Crippen molar-refractivity contribution in [2.75, 3.05) is 0 Å². The molecule has 0 aromatic carbocycles. The number of carboxylic acids is 1. The monoisotopic (exact) mass is 389 g/mol. The SMILES string of the molecule is CCCCCC=CCC=CCC=CCC=CCCCC(=O)NC(CC)C(=O)O. The number of aliphatic carboxylic acids is 1. The van der Waals surface area contributed by atoms with Gasteiger partial charge in [0, 0.05) is 6.42 Å². The minimum atomic E-state index is -0.976. The fraction of sp³-hybridized carbons (Fsp3) is 0.583. The number of allylic oxidation sites excluding steroid dienone is 8. The summed E-state index contributed by atoms with van der Waals surface area (Å²) in [6.45, 7) is 3.97. The second-order valence-corrected chi connectivity index (χ2v) is 6.85. The Hall–Kier alpha value is -2.10. The summed E-state index contributed by atoms with van der Waals surface area (Å²) in [6, 6.07) is -0.774. The van der Waals surface area contributed by atoms with Gasteiger partial charge in [-0.2, -0.15) is 0 Å². The van der Waals surface area contributed by atoms with E-state index in [0.29, 0.717) is 12.8 Å². The Morgan fingerprint density at radius 2 is 1.29 bits per heavy atom. The van der Waals surface area contributed by atoms with Crippen LogP contribution in [0.5, 0.6) is 0 Å². The van der Waals surface area contributed by atoms with Crippen LogP contribution in [0.4, 0.5) is 0 Å². The first-order valence-corrected chi connectivity index (χ1v) is 10.7. The van der Waals surface area contributed by atoms with Crippen LogP contribution in [-0.2, 0) is 9.59 Å². The number of rotatable bonds is 17. The second kappa shape index (κ2) is 19.7. The van der Waals surface area contributed by atoms with E-state index >= 15 is 0 Å². The second-order valence-electron chi connectivity index (χ2n) is 6.85. The molecular weight excluding hydrogens is 350 g/mol. The van der Waals surface area contributed by atoms with Crippen LogP contribution in [0.15, 0.2) is 48.6 Å². The molecule has 0 fully saturated rings. The highest BCUT2D eigenvalue weighted by molar-refractivity contribution is 5.83. The number of carboxylic acid groups (broad SMARTS) is 1. The molecule has 0 rings (SSSR count). The lowest BCUT2D eigenvalue weighted by molar-refractivity contribution is -0.141. The molecule has 4 nitrogen and oxygen atoms in total. The van der Waals surface area contributed by atoms with E-state index in [2.05, 4.69) is 60.8 Å². The van der Waals surface area contributed by atoms with Gasteiger partial charge in [-0.05, 0) is 51.4 Å². The van der Waals surface area contributed by atoms with E-state index in [4.69, 9.17) is 5.11 Å². The average molecular weight is 390 g/mol. The minimum Gasteiger partial charge on any atom is -0.480 e. The Balaban J connectivity index is 3.62. The van der Waals surface area contributed by atoms with Gasteiger partial charge in [0.2, 0.25) is 5.91 Å². The van der Waals surface area contributed by atoms with Crippen LogP contribution in [0, 0.1) is 0 Å². The first-order valence-electron chi connectivity index (χ1n) is 10.7. The molecule has 0 bridgehead atoms. The third kappa shape index (κ3) is 17.3. The molecule has 0 spiro atoms. The van der Waals surface area contributed by atoms with Gasteiger partial charge in [0.1, 0.15) is 6.04 Å². The van der Waals surface area contributed by atoms with E-state index in [1.807, 2.05) is 0 Å². The van der Waals surface area contributed by atoms with E-state index in [1.165, 1.54) is 25.7 Å².